The fraction of sp³-hybridized carbons (Fsp3) is 0.444. The minimum atomic E-state index is -0.0440. The van der Waals surface area contributed by atoms with Crippen molar-refractivity contribution in [2.45, 2.75) is 19.3 Å². The molecule has 1 amide bonds. The number of hydrogen-bond donors (Lipinski definition) is 2. The summed E-state index contributed by atoms with van der Waals surface area (Å²) >= 11 is 0. The number of carbonyl (C=O) groups is 1. The molecule has 3 rings (SSSR count). The molecule has 1 aliphatic heterocycles. The number of H-pyrrole nitrogens is 1. The summed E-state index contributed by atoms with van der Waals surface area (Å²) in [6.07, 6.45) is 2.15. The van der Waals surface area contributed by atoms with Gasteiger partial charge in [-0.3, -0.25) is 9.89 Å². The van der Waals surface area contributed by atoms with Crippen molar-refractivity contribution < 1.29 is 14.3 Å². The zero-order valence-corrected chi connectivity index (χ0v) is 14.8. The summed E-state index contributed by atoms with van der Waals surface area (Å²) in [5.74, 6) is 2.03. The summed E-state index contributed by atoms with van der Waals surface area (Å²) in [5.41, 5.74) is 2.00. The highest BCUT2D eigenvalue weighted by atomic mass is 16.5. The highest BCUT2D eigenvalue weighted by molar-refractivity contribution is 5.94. The third-order valence-corrected chi connectivity index (χ3v) is 4.16. The Morgan fingerprint density at radius 1 is 1.28 bits per heavy atom. The zero-order chi connectivity index (χ0) is 17.8. The number of amides is 1. The van der Waals surface area contributed by atoms with Gasteiger partial charge >= 0.3 is 0 Å². The fourth-order valence-electron chi connectivity index (χ4n) is 2.91. The molecule has 134 valence electrons. The Bertz CT molecular complexity index is 742. The first-order valence-electron chi connectivity index (χ1n) is 8.46. The highest BCUT2D eigenvalue weighted by Crippen LogP contribution is 2.39. The molecule has 2 N–H and O–H groups in total. The van der Waals surface area contributed by atoms with Crippen LogP contribution < -0.4 is 14.8 Å². The number of likely N-dealkylation sites (N-methyl/N-ethyl adjacent to an activating group) is 1. The summed E-state index contributed by atoms with van der Waals surface area (Å²) in [6, 6.07) is 5.88. The molecule has 0 aliphatic carbocycles. The van der Waals surface area contributed by atoms with Crippen molar-refractivity contribution in [3.63, 3.8) is 0 Å². The van der Waals surface area contributed by atoms with E-state index in [1.54, 1.807) is 6.20 Å². The molecule has 1 aliphatic rings. The van der Waals surface area contributed by atoms with Crippen LogP contribution in [0.4, 0.5) is 5.82 Å². The number of nitrogens with zero attached hydrogens (tertiary/aromatic N) is 2. The van der Waals surface area contributed by atoms with E-state index in [0.717, 1.165) is 23.4 Å². The molecule has 7 heteroatoms. The van der Waals surface area contributed by atoms with E-state index >= 15 is 0 Å². The van der Waals surface area contributed by atoms with Crippen molar-refractivity contribution in [2.75, 3.05) is 39.2 Å². The summed E-state index contributed by atoms with van der Waals surface area (Å²) < 4.78 is 11.6. The van der Waals surface area contributed by atoms with Crippen LogP contribution in [0, 0.1) is 0 Å². The Kier molecular flexibility index (Phi) is 5.23. The van der Waals surface area contributed by atoms with Gasteiger partial charge in [0.15, 0.2) is 11.5 Å². The van der Waals surface area contributed by atoms with Crippen LogP contribution in [-0.2, 0) is 4.79 Å². The maximum Gasteiger partial charge on any atom is 0.226 e. The van der Waals surface area contributed by atoms with Gasteiger partial charge in [-0.15, -0.1) is 0 Å². The largest absolute Gasteiger partial charge is 0.490 e. The molecule has 0 fully saturated rings. The maximum atomic E-state index is 12.0. The van der Waals surface area contributed by atoms with Crippen molar-refractivity contribution in [3.05, 3.63) is 35.5 Å². The fourth-order valence-corrected chi connectivity index (χ4v) is 2.91. The van der Waals surface area contributed by atoms with E-state index < -0.39 is 0 Å². The van der Waals surface area contributed by atoms with Crippen LogP contribution >= 0.6 is 0 Å². The summed E-state index contributed by atoms with van der Waals surface area (Å²) in [5, 5.41) is 9.69. The predicted molar refractivity (Wildman–Crippen MR) is 95.3 cm³/mol. The average Bonchev–Trinajstić information content (AvgIpc) is 3.03. The molecule has 1 aromatic carbocycles. The number of carbonyl (C=O) groups excluding carboxylic acids is 1. The monoisotopic (exact) mass is 344 g/mol. The van der Waals surface area contributed by atoms with Crippen molar-refractivity contribution in [1.82, 2.24) is 15.1 Å². The molecule has 1 atom stereocenters. The topological polar surface area (TPSA) is 79.5 Å². The molecule has 0 spiro atoms. The minimum Gasteiger partial charge on any atom is -0.490 e. The SMILES string of the molecule is CCOc1cc(C2CC(=O)Nc3[nH]ncc32)ccc1OCCN(C)C. The average molecular weight is 344 g/mol. The van der Waals surface area contributed by atoms with E-state index in [1.807, 2.05) is 39.2 Å². The standard InChI is InChI=1S/C18H24N4O3/c1-4-24-16-9-12(5-6-15(16)25-8-7-22(2)3)13-10-17(23)20-18-14(13)11-19-21-18/h5-6,9,11,13H,4,7-8,10H2,1-3H3,(H2,19,20,21,23). The van der Waals surface area contributed by atoms with Gasteiger partial charge in [-0.1, -0.05) is 6.07 Å². The smallest absolute Gasteiger partial charge is 0.226 e. The van der Waals surface area contributed by atoms with Gasteiger partial charge < -0.3 is 19.7 Å². The van der Waals surface area contributed by atoms with Crippen LogP contribution in [0.15, 0.2) is 24.4 Å². The Hall–Kier alpha value is -2.54. The van der Waals surface area contributed by atoms with Crippen LogP contribution in [0.1, 0.15) is 30.4 Å². The molecule has 0 bridgehead atoms. The number of fused-ring (bicyclic) bond motifs is 1. The van der Waals surface area contributed by atoms with E-state index in [0.29, 0.717) is 31.2 Å². The van der Waals surface area contributed by atoms with Crippen LogP contribution in [0.25, 0.3) is 0 Å². The lowest BCUT2D eigenvalue weighted by Gasteiger charge is -2.23. The number of anilines is 1. The third kappa shape index (κ3) is 3.93. The third-order valence-electron chi connectivity index (χ3n) is 4.16. The van der Waals surface area contributed by atoms with Crippen LogP contribution in [0.5, 0.6) is 11.5 Å². The summed E-state index contributed by atoms with van der Waals surface area (Å²) in [6.45, 7) is 3.91. The van der Waals surface area contributed by atoms with E-state index in [-0.39, 0.29) is 11.8 Å². The van der Waals surface area contributed by atoms with Gasteiger partial charge in [-0.2, -0.15) is 5.10 Å². The quantitative estimate of drug-likeness (QED) is 0.805. The van der Waals surface area contributed by atoms with Gasteiger partial charge in [0.1, 0.15) is 12.4 Å². The Labute approximate surface area is 147 Å². The lowest BCUT2D eigenvalue weighted by Crippen LogP contribution is -2.23. The lowest BCUT2D eigenvalue weighted by molar-refractivity contribution is -0.116. The van der Waals surface area contributed by atoms with E-state index in [4.69, 9.17) is 9.47 Å². The second kappa shape index (κ2) is 7.57. The first-order chi connectivity index (χ1) is 12.1. The van der Waals surface area contributed by atoms with Gasteiger partial charge in [0.25, 0.3) is 0 Å². The second-order valence-electron chi connectivity index (χ2n) is 6.30. The number of hydrogen-bond acceptors (Lipinski definition) is 5. The number of aromatic amines is 1. The Morgan fingerprint density at radius 3 is 2.88 bits per heavy atom. The van der Waals surface area contributed by atoms with E-state index in [1.165, 1.54) is 0 Å². The molecule has 1 unspecified atom stereocenters. The van der Waals surface area contributed by atoms with Crippen LogP contribution in [-0.4, -0.2) is 54.9 Å². The van der Waals surface area contributed by atoms with Crippen molar-refractivity contribution in [2.24, 2.45) is 0 Å². The molecule has 0 saturated carbocycles. The number of nitrogens with one attached hydrogen (secondary N) is 2. The molecule has 2 heterocycles. The molecule has 0 saturated heterocycles. The van der Waals surface area contributed by atoms with Crippen molar-refractivity contribution in [1.29, 1.82) is 0 Å². The zero-order valence-electron chi connectivity index (χ0n) is 14.8. The van der Waals surface area contributed by atoms with Gasteiger partial charge in [0, 0.05) is 24.4 Å². The predicted octanol–water partition coefficient (Wildman–Crippen LogP) is 2.22. The van der Waals surface area contributed by atoms with Gasteiger partial charge in [-0.05, 0) is 38.7 Å². The number of rotatable bonds is 7. The Balaban J connectivity index is 1.85. The molecule has 2 aromatic rings. The van der Waals surface area contributed by atoms with E-state index in [9.17, 15) is 4.79 Å². The normalized spacial score (nSPS) is 16.5. The highest BCUT2D eigenvalue weighted by Gasteiger charge is 2.28. The molecule has 0 radical (unpaired) electrons. The van der Waals surface area contributed by atoms with Gasteiger partial charge in [-0.25, -0.2) is 0 Å². The Morgan fingerprint density at radius 2 is 2.12 bits per heavy atom. The second-order valence-corrected chi connectivity index (χ2v) is 6.30. The van der Waals surface area contributed by atoms with Gasteiger partial charge in [0.2, 0.25) is 5.91 Å². The summed E-state index contributed by atoms with van der Waals surface area (Å²) in [7, 11) is 4.01. The van der Waals surface area contributed by atoms with Crippen LogP contribution in [0.3, 0.4) is 0 Å². The minimum absolute atomic E-state index is 0.0222. The molecular weight excluding hydrogens is 320 g/mol. The first kappa shape index (κ1) is 17.3. The first-order valence-corrected chi connectivity index (χ1v) is 8.46. The number of aromatic nitrogens is 2. The molecular formula is C18H24N4O3. The summed E-state index contributed by atoms with van der Waals surface area (Å²) in [4.78, 5) is 14.0. The number of benzene rings is 1. The lowest BCUT2D eigenvalue weighted by atomic mass is 9.87. The van der Waals surface area contributed by atoms with Crippen molar-refractivity contribution >= 4 is 11.7 Å². The molecule has 25 heavy (non-hydrogen) atoms. The molecule has 7 nitrogen and oxygen atoms in total. The maximum absolute atomic E-state index is 12.0. The number of ether oxygens (including phenoxy) is 2. The van der Waals surface area contributed by atoms with Crippen molar-refractivity contribution in [3.8, 4) is 11.5 Å². The van der Waals surface area contributed by atoms with Crippen LogP contribution in [0.2, 0.25) is 0 Å². The molecule has 1 aromatic heterocycles. The van der Waals surface area contributed by atoms with Gasteiger partial charge in [0.05, 0.1) is 12.8 Å². The van der Waals surface area contributed by atoms with E-state index in [2.05, 4.69) is 20.4 Å².